The summed E-state index contributed by atoms with van der Waals surface area (Å²) < 4.78 is 11.5. The van der Waals surface area contributed by atoms with Gasteiger partial charge in [0, 0.05) is 12.5 Å². The van der Waals surface area contributed by atoms with Gasteiger partial charge in [-0.15, -0.1) is 0 Å². The molecule has 1 aromatic carbocycles. The van der Waals surface area contributed by atoms with Gasteiger partial charge in [-0.1, -0.05) is 43.4 Å². The topological polar surface area (TPSA) is 38.7 Å². The van der Waals surface area contributed by atoms with E-state index >= 15 is 0 Å². The van der Waals surface area contributed by atoms with E-state index in [2.05, 4.69) is 25.2 Å². The molecule has 0 aromatic heterocycles. The van der Waals surface area contributed by atoms with Crippen LogP contribution in [-0.4, -0.2) is 24.4 Å². The molecule has 21 heavy (non-hydrogen) atoms. The molecule has 0 bridgehead atoms. The van der Waals surface area contributed by atoms with Crippen molar-refractivity contribution in [2.24, 2.45) is 5.92 Å². The highest BCUT2D eigenvalue weighted by Crippen LogP contribution is 2.16. The molecule has 3 nitrogen and oxygen atoms in total. The maximum Gasteiger partial charge on any atom is 0.119 e. The maximum atomic E-state index is 8.96. The number of benzene rings is 1. The minimum atomic E-state index is 0.0703. The summed E-state index contributed by atoms with van der Waals surface area (Å²) >= 11 is 0. The lowest BCUT2D eigenvalue weighted by Crippen LogP contribution is -2.20. The summed E-state index contributed by atoms with van der Waals surface area (Å²) in [5, 5.41) is 8.96. The number of aliphatic hydroxyl groups is 1. The summed E-state index contributed by atoms with van der Waals surface area (Å²) in [6.45, 7) is 3.70. The quantitative estimate of drug-likeness (QED) is 0.744. The lowest BCUT2D eigenvalue weighted by molar-refractivity contribution is 0.0575. The third-order valence-corrected chi connectivity index (χ3v) is 3.57. The standard InChI is InChI=1S/C18H24O3/c1-15-6-2-3-7-18(15)21-13-5-4-12-20-17-10-8-16(14-19)9-11-17/h2-3,6-11,15,18-19H,4-5,12-14H2,1H3/t15-,18?/m1/s1. The molecule has 0 aliphatic heterocycles. The SMILES string of the molecule is C[C@@H]1C=CC=CC1OCCCCOc1ccc(CO)cc1. The van der Waals surface area contributed by atoms with Crippen molar-refractivity contribution in [2.45, 2.75) is 32.5 Å². The Kier molecular flexibility index (Phi) is 6.51. The Balaban J connectivity index is 1.55. The number of hydrogen-bond donors (Lipinski definition) is 1. The van der Waals surface area contributed by atoms with Gasteiger partial charge in [-0.3, -0.25) is 0 Å². The Bertz CT molecular complexity index is 462. The summed E-state index contributed by atoms with van der Waals surface area (Å²) in [5.41, 5.74) is 0.902. The van der Waals surface area contributed by atoms with Crippen LogP contribution in [0.3, 0.4) is 0 Å². The molecular formula is C18H24O3. The molecule has 3 heteroatoms. The first kappa shape index (κ1) is 15.8. The zero-order chi connectivity index (χ0) is 14.9. The zero-order valence-electron chi connectivity index (χ0n) is 12.6. The lowest BCUT2D eigenvalue weighted by Gasteiger charge is -2.20. The Morgan fingerprint density at radius 2 is 1.71 bits per heavy atom. The molecule has 2 atom stereocenters. The first-order valence-electron chi connectivity index (χ1n) is 7.59. The zero-order valence-corrected chi connectivity index (χ0v) is 12.6. The number of rotatable bonds is 8. The highest BCUT2D eigenvalue weighted by molar-refractivity contribution is 5.26. The van der Waals surface area contributed by atoms with Crippen LogP contribution < -0.4 is 4.74 Å². The highest BCUT2D eigenvalue weighted by atomic mass is 16.5. The van der Waals surface area contributed by atoms with Crippen LogP contribution in [0.1, 0.15) is 25.3 Å². The van der Waals surface area contributed by atoms with Crippen molar-refractivity contribution in [3.8, 4) is 5.75 Å². The molecular weight excluding hydrogens is 264 g/mol. The van der Waals surface area contributed by atoms with Crippen molar-refractivity contribution in [3.05, 3.63) is 54.1 Å². The van der Waals surface area contributed by atoms with E-state index in [9.17, 15) is 0 Å². The largest absolute Gasteiger partial charge is 0.494 e. The van der Waals surface area contributed by atoms with Gasteiger partial charge < -0.3 is 14.6 Å². The smallest absolute Gasteiger partial charge is 0.119 e. The molecule has 2 rings (SSSR count). The molecule has 0 saturated heterocycles. The molecule has 0 fully saturated rings. The molecule has 1 aliphatic carbocycles. The minimum Gasteiger partial charge on any atom is -0.494 e. The summed E-state index contributed by atoms with van der Waals surface area (Å²) in [6, 6.07) is 7.54. The fourth-order valence-corrected chi connectivity index (χ4v) is 2.21. The van der Waals surface area contributed by atoms with Crippen molar-refractivity contribution in [3.63, 3.8) is 0 Å². The van der Waals surface area contributed by atoms with Crippen LogP contribution in [0.4, 0.5) is 0 Å². The lowest BCUT2D eigenvalue weighted by atomic mass is 10.00. The van der Waals surface area contributed by atoms with E-state index in [1.165, 1.54) is 0 Å². The van der Waals surface area contributed by atoms with E-state index in [4.69, 9.17) is 14.6 Å². The number of allylic oxidation sites excluding steroid dienone is 2. The van der Waals surface area contributed by atoms with Crippen LogP contribution in [0.25, 0.3) is 0 Å². The van der Waals surface area contributed by atoms with Gasteiger partial charge in [-0.25, -0.2) is 0 Å². The summed E-state index contributed by atoms with van der Waals surface area (Å²) in [4.78, 5) is 0. The first-order chi connectivity index (χ1) is 10.3. The van der Waals surface area contributed by atoms with E-state index in [-0.39, 0.29) is 12.7 Å². The molecule has 114 valence electrons. The van der Waals surface area contributed by atoms with Gasteiger partial charge in [0.2, 0.25) is 0 Å². The number of hydrogen-bond acceptors (Lipinski definition) is 3. The first-order valence-corrected chi connectivity index (χ1v) is 7.59. The monoisotopic (exact) mass is 288 g/mol. The predicted octanol–water partition coefficient (Wildman–Crippen LogP) is 3.49. The molecule has 1 aromatic rings. The van der Waals surface area contributed by atoms with E-state index in [1.54, 1.807) is 0 Å². The average Bonchev–Trinajstić information content (AvgIpc) is 2.53. The van der Waals surface area contributed by atoms with Gasteiger partial charge in [-0.2, -0.15) is 0 Å². The van der Waals surface area contributed by atoms with Gasteiger partial charge in [0.25, 0.3) is 0 Å². The maximum absolute atomic E-state index is 8.96. The fourth-order valence-electron chi connectivity index (χ4n) is 2.21. The molecule has 1 aliphatic rings. The van der Waals surface area contributed by atoms with Crippen molar-refractivity contribution < 1.29 is 14.6 Å². The van der Waals surface area contributed by atoms with Crippen LogP contribution >= 0.6 is 0 Å². The Morgan fingerprint density at radius 1 is 1.00 bits per heavy atom. The van der Waals surface area contributed by atoms with Gasteiger partial charge in [0.1, 0.15) is 5.75 Å². The van der Waals surface area contributed by atoms with Crippen LogP contribution in [0.5, 0.6) is 5.75 Å². The van der Waals surface area contributed by atoms with Gasteiger partial charge in [0.05, 0.1) is 19.3 Å². The normalized spacial score (nSPS) is 20.7. The summed E-state index contributed by atoms with van der Waals surface area (Å²) in [7, 11) is 0. The number of aliphatic hydroxyl groups excluding tert-OH is 1. The van der Waals surface area contributed by atoms with Crippen LogP contribution in [0.15, 0.2) is 48.6 Å². The third kappa shape index (κ3) is 5.37. The summed E-state index contributed by atoms with van der Waals surface area (Å²) in [5.74, 6) is 1.30. The van der Waals surface area contributed by atoms with Crippen molar-refractivity contribution in [1.82, 2.24) is 0 Å². The minimum absolute atomic E-state index is 0.0703. The van der Waals surface area contributed by atoms with Crippen molar-refractivity contribution >= 4 is 0 Å². The van der Waals surface area contributed by atoms with Crippen LogP contribution in [-0.2, 0) is 11.3 Å². The molecule has 0 saturated carbocycles. The Hall–Kier alpha value is -1.58. The van der Waals surface area contributed by atoms with Crippen molar-refractivity contribution in [1.29, 1.82) is 0 Å². The Labute approximate surface area is 126 Å². The van der Waals surface area contributed by atoms with Gasteiger partial charge in [0.15, 0.2) is 0 Å². The predicted molar refractivity (Wildman–Crippen MR) is 84.3 cm³/mol. The third-order valence-electron chi connectivity index (χ3n) is 3.57. The molecule has 0 amide bonds. The van der Waals surface area contributed by atoms with Crippen LogP contribution in [0, 0.1) is 5.92 Å². The molecule has 1 N–H and O–H groups in total. The summed E-state index contributed by atoms with van der Waals surface area (Å²) in [6.07, 6.45) is 10.6. The second-order valence-corrected chi connectivity index (χ2v) is 5.32. The number of ether oxygens (including phenoxy) is 2. The van der Waals surface area contributed by atoms with E-state index in [1.807, 2.05) is 30.3 Å². The van der Waals surface area contributed by atoms with Crippen molar-refractivity contribution in [2.75, 3.05) is 13.2 Å². The molecule has 0 radical (unpaired) electrons. The van der Waals surface area contributed by atoms with E-state index < -0.39 is 0 Å². The highest BCUT2D eigenvalue weighted by Gasteiger charge is 2.13. The second kappa shape index (κ2) is 8.65. The molecule has 0 spiro atoms. The fraction of sp³-hybridized carbons (Fsp3) is 0.444. The van der Waals surface area contributed by atoms with Crippen LogP contribution in [0.2, 0.25) is 0 Å². The molecule has 0 heterocycles. The second-order valence-electron chi connectivity index (χ2n) is 5.32. The Morgan fingerprint density at radius 3 is 2.43 bits per heavy atom. The van der Waals surface area contributed by atoms with Gasteiger partial charge in [-0.05, 0) is 30.5 Å². The van der Waals surface area contributed by atoms with Gasteiger partial charge >= 0.3 is 0 Å². The number of unbranched alkanes of at least 4 members (excludes halogenated alkanes) is 1. The molecule has 1 unspecified atom stereocenters. The van der Waals surface area contributed by atoms with E-state index in [0.29, 0.717) is 12.5 Å². The average molecular weight is 288 g/mol. The van der Waals surface area contributed by atoms with E-state index in [0.717, 1.165) is 30.8 Å².